The lowest BCUT2D eigenvalue weighted by Gasteiger charge is -2.12. The van der Waals surface area contributed by atoms with Crippen LogP contribution >= 0.6 is 0 Å². The van der Waals surface area contributed by atoms with Crippen molar-refractivity contribution in [2.45, 2.75) is 12.8 Å². The largest absolute Gasteiger partial charge is 0.418 e. The lowest BCUT2D eigenvalue weighted by atomic mass is 10.0. The highest BCUT2D eigenvalue weighted by Crippen LogP contribution is 2.35. The molecule has 0 aliphatic rings. The molecule has 0 saturated heterocycles. The standard InChI is InChI=1S/C9H5F4NO/c10-7-1-5(3-14)8(9(11,12)13)6(2-7)4-15/h1-2,15H,4H2. The van der Waals surface area contributed by atoms with Gasteiger partial charge in [-0.25, -0.2) is 4.39 Å². The molecular formula is C9H5F4NO. The Hall–Kier alpha value is -1.61. The molecule has 80 valence electrons. The molecular weight excluding hydrogens is 214 g/mol. The number of hydrogen-bond donors (Lipinski definition) is 1. The van der Waals surface area contributed by atoms with Gasteiger partial charge in [-0.2, -0.15) is 18.4 Å². The van der Waals surface area contributed by atoms with Gasteiger partial charge in [-0.3, -0.25) is 0 Å². The highest BCUT2D eigenvalue weighted by Gasteiger charge is 2.36. The summed E-state index contributed by atoms with van der Waals surface area (Å²) in [7, 11) is 0. The van der Waals surface area contributed by atoms with Gasteiger partial charge in [0.1, 0.15) is 5.82 Å². The first-order valence-electron chi connectivity index (χ1n) is 3.80. The van der Waals surface area contributed by atoms with Crippen LogP contribution in [-0.4, -0.2) is 5.11 Å². The molecule has 0 atom stereocenters. The molecule has 1 aromatic rings. The van der Waals surface area contributed by atoms with Crippen molar-refractivity contribution in [2.75, 3.05) is 0 Å². The molecule has 0 aliphatic heterocycles. The number of benzene rings is 1. The highest BCUT2D eigenvalue weighted by molar-refractivity contribution is 5.45. The Bertz CT molecular complexity index is 419. The van der Waals surface area contributed by atoms with Gasteiger partial charge in [0.05, 0.1) is 23.8 Å². The Morgan fingerprint density at radius 1 is 1.33 bits per heavy atom. The maximum absolute atomic E-state index is 12.7. The number of alkyl halides is 3. The SMILES string of the molecule is N#Cc1cc(F)cc(CO)c1C(F)(F)F. The maximum atomic E-state index is 12.7. The fourth-order valence-corrected chi connectivity index (χ4v) is 1.21. The second kappa shape index (κ2) is 3.87. The minimum absolute atomic E-state index is 0.488. The molecule has 1 aromatic carbocycles. The number of aliphatic hydroxyl groups excluding tert-OH is 1. The Kier molecular flexibility index (Phi) is 2.95. The molecule has 2 nitrogen and oxygen atoms in total. The van der Waals surface area contributed by atoms with E-state index in [1.54, 1.807) is 0 Å². The van der Waals surface area contributed by atoms with E-state index in [4.69, 9.17) is 10.4 Å². The molecule has 0 unspecified atom stereocenters. The van der Waals surface area contributed by atoms with Crippen LogP contribution in [0.15, 0.2) is 12.1 Å². The van der Waals surface area contributed by atoms with Gasteiger partial charge < -0.3 is 5.11 Å². The van der Waals surface area contributed by atoms with Gasteiger partial charge in [0.15, 0.2) is 0 Å². The minimum atomic E-state index is -4.78. The summed E-state index contributed by atoms with van der Waals surface area (Å²) in [5.41, 5.74) is -2.75. The molecule has 0 spiro atoms. The molecule has 0 saturated carbocycles. The molecule has 0 fully saturated rings. The quantitative estimate of drug-likeness (QED) is 0.736. The first-order valence-corrected chi connectivity index (χ1v) is 3.80. The third kappa shape index (κ3) is 2.25. The second-order valence-electron chi connectivity index (χ2n) is 2.76. The van der Waals surface area contributed by atoms with Crippen LogP contribution in [0.1, 0.15) is 16.7 Å². The van der Waals surface area contributed by atoms with Crippen molar-refractivity contribution >= 4 is 0 Å². The zero-order valence-corrected chi connectivity index (χ0v) is 7.27. The average molecular weight is 219 g/mol. The lowest BCUT2D eigenvalue weighted by Crippen LogP contribution is -2.12. The number of rotatable bonds is 1. The fraction of sp³-hybridized carbons (Fsp3) is 0.222. The van der Waals surface area contributed by atoms with Crippen LogP contribution in [0, 0.1) is 17.1 Å². The van der Waals surface area contributed by atoms with E-state index < -0.39 is 35.3 Å². The highest BCUT2D eigenvalue weighted by atomic mass is 19.4. The van der Waals surface area contributed by atoms with Crippen LogP contribution in [0.4, 0.5) is 17.6 Å². The summed E-state index contributed by atoms with van der Waals surface area (Å²) in [6.07, 6.45) is -4.78. The molecule has 0 amide bonds. The van der Waals surface area contributed by atoms with Crippen molar-refractivity contribution < 1.29 is 22.7 Å². The Morgan fingerprint density at radius 3 is 2.33 bits per heavy atom. The molecule has 15 heavy (non-hydrogen) atoms. The van der Waals surface area contributed by atoms with Crippen molar-refractivity contribution in [1.82, 2.24) is 0 Å². The average Bonchev–Trinajstić information content (AvgIpc) is 2.14. The first-order chi connectivity index (χ1) is 6.90. The Labute approximate surface area is 82.4 Å². The zero-order valence-electron chi connectivity index (χ0n) is 7.27. The van der Waals surface area contributed by atoms with Crippen molar-refractivity contribution in [3.8, 4) is 6.07 Å². The van der Waals surface area contributed by atoms with Crippen molar-refractivity contribution in [1.29, 1.82) is 5.26 Å². The van der Waals surface area contributed by atoms with E-state index in [2.05, 4.69) is 0 Å². The number of nitrogens with zero attached hydrogens (tertiary/aromatic N) is 1. The Balaban J connectivity index is 3.53. The molecule has 0 heterocycles. The summed E-state index contributed by atoms with van der Waals surface area (Å²) in [4.78, 5) is 0. The first kappa shape index (κ1) is 11.5. The van der Waals surface area contributed by atoms with E-state index in [-0.39, 0.29) is 0 Å². The number of nitriles is 1. The topological polar surface area (TPSA) is 44.0 Å². The van der Waals surface area contributed by atoms with Gasteiger partial charge in [0.2, 0.25) is 0 Å². The summed E-state index contributed by atoms with van der Waals surface area (Å²) < 4.78 is 50.0. The summed E-state index contributed by atoms with van der Waals surface area (Å²) in [6.45, 7) is -0.971. The molecule has 0 aliphatic carbocycles. The molecule has 0 radical (unpaired) electrons. The molecule has 0 bridgehead atoms. The molecule has 0 aromatic heterocycles. The molecule has 1 N–H and O–H groups in total. The van der Waals surface area contributed by atoms with Gasteiger partial charge in [0, 0.05) is 0 Å². The predicted octanol–water partition coefficient (Wildman–Crippen LogP) is 2.21. The van der Waals surface area contributed by atoms with Gasteiger partial charge >= 0.3 is 6.18 Å². The third-order valence-electron chi connectivity index (χ3n) is 1.76. The molecule has 6 heteroatoms. The zero-order chi connectivity index (χ0) is 11.6. The predicted molar refractivity (Wildman–Crippen MR) is 42.0 cm³/mol. The number of halogens is 4. The molecule has 1 rings (SSSR count). The summed E-state index contributed by atoms with van der Waals surface area (Å²) >= 11 is 0. The van der Waals surface area contributed by atoms with Crippen LogP contribution in [0.2, 0.25) is 0 Å². The van der Waals surface area contributed by atoms with Crippen molar-refractivity contribution in [3.05, 3.63) is 34.6 Å². The van der Waals surface area contributed by atoms with E-state index in [1.807, 2.05) is 0 Å². The van der Waals surface area contributed by atoms with Gasteiger partial charge in [0.25, 0.3) is 0 Å². The smallest absolute Gasteiger partial charge is 0.392 e. The number of aliphatic hydroxyl groups is 1. The van der Waals surface area contributed by atoms with Crippen LogP contribution in [0.5, 0.6) is 0 Å². The minimum Gasteiger partial charge on any atom is -0.392 e. The van der Waals surface area contributed by atoms with Crippen LogP contribution < -0.4 is 0 Å². The fourth-order valence-electron chi connectivity index (χ4n) is 1.21. The second-order valence-corrected chi connectivity index (χ2v) is 2.76. The Morgan fingerprint density at radius 2 is 1.93 bits per heavy atom. The monoisotopic (exact) mass is 219 g/mol. The number of hydrogen-bond acceptors (Lipinski definition) is 2. The van der Waals surface area contributed by atoms with Crippen molar-refractivity contribution in [3.63, 3.8) is 0 Å². The van der Waals surface area contributed by atoms with Crippen molar-refractivity contribution in [2.24, 2.45) is 0 Å². The van der Waals surface area contributed by atoms with E-state index in [0.29, 0.717) is 12.1 Å². The summed E-state index contributed by atoms with van der Waals surface area (Å²) in [5, 5.41) is 17.1. The van der Waals surface area contributed by atoms with E-state index >= 15 is 0 Å². The van der Waals surface area contributed by atoms with E-state index in [0.717, 1.165) is 0 Å². The van der Waals surface area contributed by atoms with Gasteiger partial charge in [-0.15, -0.1) is 0 Å². The maximum Gasteiger partial charge on any atom is 0.418 e. The van der Waals surface area contributed by atoms with Crippen LogP contribution in [0.25, 0.3) is 0 Å². The van der Waals surface area contributed by atoms with E-state index in [9.17, 15) is 17.6 Å². The van der Waals surface area contributed by atoms with Crippen LogP contribution in [-0.2, 0) is 12.8 Å². The normalized spacial score (nSPS) is 11.2. The third-order valence-corrected chi connectivity index (χ3v) is 1.76. The summed E-state index contributed by atoms with van der Waals surface area (Å²) in [5.74, 6) is -0.983. The van der Waals surface area contributed by atoms with Gasteiger partial charge in [-0.05, 0) is 17.7 Å². The van der Waals surface area contributed by atoms with Crippen LogP contribution in [0.3, 0.4) is 0 Å². The lowest BCUT2D eigenvalue weighted by molar-refractivity contribution is -0.138. The summed E-state index contributed by atoms with van der Waals surface area (Å²) in [6, 6.07) is 2.29. The van der Waals surface area contributed by atoms with E-state index in [1.165, 1.54) is 6.07 Å². The van der Waals surface area contributed by atoms with Gasteiger partial charge in [-0.1, -0.05) is 0 Å².